The van der Waals surface area contributed by atoms with Crippen LogP contribution < -0.4 is 10.5 Å². The van der Waals surface area contributed by atoms with Gasteiger partial charge in [0, 0.05) is 11.6 Å². The highest BCUT2D eigenvalue weighted by atomic mass is 32.1. The van der Waals surface area contributed by atoms with Gasteiger partial charge in [-0.2, -0.15) is 0 Å². The lowest BCUT2D eigenvalue weighted by molar-refractivity contribution is 0.261. The molecule has 1 heterocycles. The number of para-hydroxylation sites is 1. The zero-order valence-corrected chi connectivity index (χ0v) is 12.4. The van der Waals surface area contributed by atoms with E-state index >= 15 is 0 Å². The molecule has 0 amide bonds. The van der Waals surface area contributed by atoms with Gasteiger partial charge in [0.1, 0.15) is 11.2 Å². The maximum atomic E-state index is 5.93. The zero-order valence-electron chi connectivity index (χ0n) is 11.5. The van der Waals surface area contributed by atoms with Crippen molar-refractivity contribution < 1.29 is 4.74 Å². The van der Waals surface area contributed by atoms with Crippen molar-refractivity contribution in [2.75, 3.05) is 6.54 Å². The molecule has 3 nitrogen and oxygen atoms in total. The van der Waals surface area contributed by atoms with E-state index in [1.807, 2.05) is 18.3 Å². The second-order valence-corrected chi connectivity index (χ2v) is 5.81. The van der Waals surface area contributed by atoms with Crippen LogP contribution in [0, 0.1) is 5.92 Å². The standard InChI is InChI=1S/C15H22N2OS/c1-10(2)8-14(19)18-13-5-3-4-12-11(6-7-16)9-17-15(12)13/h3-5,9-10,14,17,19H,6-8,16H2,1-2H3. The summed E-state index contributed by atoms with van der Waals surface area (Å²) >= 11 is 4.50. The summed E-state index contributed by atoms with van der Waals surface area (Å²) in [5.41, 5.74) is 7.82. The first-order valence-electron chi connectivity index (χ1n) is 6.75. The first kappa shape index (κ1) is 14.3. The number of thiol groups is 1. The number of hydrogen-bond donors (Lipinski definition) is 3. The van der Waals surface area contributed by atoms with E-state index in [2.05, 4.69) is 37.5 Å². The first-order chi connectivity index (χ1) is 9.11. The molecule has 3 N–H and O–H groups in total. The van der Waals surface area contributed by atoms with Gasteiger partial charge >= 0.3 is 0 Å². The Morgan fingerprint density at radius 3 is 2.84 bits per heavy atom. The number of benzene rings is 1. The molecule has 2 aromatic rings. The van der Waals surface area contributed by atoms with Crippen LogP contribution in [0.4, 0.5) is 0 Å². The molecule has 1 aromatic carbocycles. The van der Waals surface area contributed by atoms with Crippen molar-refractivity contribution in [3.8, 4) is 5.75 Å². The minimum Gasteiger partial charge on any atom is -0.478 e. The Labute approximate surface area is 119 Å². The molecular weight excluding hydrogens is 256 g/mol. The molecule has 1 unspecified atom stereocenters. The average Bonchev–Trinajstić information content (AvgIpc) is 2.73. The summed E-state index contributed by atoms with van der Waals surface area (Å²) in [6.45, 7) is 4.99. The van der Waals surface area contributed by atoms with Crippen molar-refractivity contribution in [3.05, 3.63) is 30.0 Å². The average molecular weight is 278 g/mol. The monoisotopic (exact) mass is 278 g/mol. The number of nitrogens with two attached hydrogens (primary N) is 1. The number of aromatic nitrogens is 1. The third-order valence-corrected chi connectivity index (χ3v) is 3.43. The number of fused-ring (bicyclic) bond motifs is 1. The number of H-pyrrole nitrogens is 1. The number of ether oxygens (including phenoxy) is 1. The van der Waals surface area contributed by atoms with Gasteiger partial charge in [0.2, 0.25) is 0 Å². The molecule has 0 aliphatic carbocycles. The fourth-order valence-electron chi connectivity index (χ4n) is 2.24. The Hall–Kier alpha value is -1.13. The van der Waals surface area contributed by atoms with Gasteiger partial charge in [-0.3, -0.25) is 0 Å². The second kappa shape index (κ2) is 6.35. The maximum Gasteiger partial charge on any atom is 0.145 e. The lowest BCUT2D eigenvalue weighted by atomic mass is 10.1. The molecule has 0 fully saturated rings. The van der Waals surface area contributed by atoms with Gasteiger partial charge in [-0.15, -0.1) is 12.6 Å². The van der Waals surface area contributed by atoms with Gasteiger partial charge in [0.05, 0.1) is 5.52 Å². The summed E-state index contributed by atoms with van der Waals surface area (Å²) in [5.74, 6) is 1.43. The molecular formula is C15H22N2OS. The van der Waals surface area contributed by atoms with Crippen LogP contribution in [-0.2, 0) is 6.42 Å². The summed E-state index contributed by atoms with van der Waals surface area (Å²) in [6, 6.07) is 6.09. The number of hydrogen-bond acceptors (Lipinski definition) is 3. The van der Waals surface area contributed by atoms with E-state index < -0.39 is 0 Å². The molecule has 2 rings (SSSR count). The highest BCUT2D eigenvalue weighted by Gasteiger charge is 2.12. The minimum atomic E-state index is -0.0770. The summed E-state index contributed by atoms with van der Waals surface area (Å²) < 4.78 is 5.93. The Morgan fingerprint density at radius 2 is 2.16 bits per heavy atom. The van der Waals surface area contributed by atoms with Gasteiger partial charge in [-0.25, -0.2) is 0 Å². The van der Waals surface area contributed by atoms with E-state index in [0.717, 1.165) is 24.1 Å². The molecule has 0 radical (unpaired) electrons. The van der Waals surface area contributed by atoms with Crippen LogP contribution in [0.5, 0.6) is 5.75 Å². The zero-order chi connectivity index (χ0) is 13.8. The summed E-state index contributed by atoms with van der Waals surface area (Å²) in [6.07, 6.45) is 3.82. The normalized spacial score (nSPS) is 13.1. The smallest absolute Gasteiger partial charge is 0.145 e. The lowest BCUT2D eigenvalue weighted by Crippen LogP contribution is -2.12. The third-order valence-electron chi connectivity index (χ3n) is 3.11. The van der Waals surface area contributed by atoms with Crippen LogP contribution in [0.2, 0.25) is 0 Å². The predicted octanol–water partition coefficient (Wildman–Crippen LogP) is 3.35. The molecule has 0 spiro atoms. The van der Waals surface area contributed by atoms with Crippen LogP contribution in [-0.4, -0.2) is 17.0 Å². The molecule has 4 heteroatoms. The van der Waals surface area contributed by atoms with Crippen LogP contribution >= 0.6 is 12.6 Å². The fraction of sp³-hybridized carbons (Fsp3) is 0.467. The van der Waals surface area contributed by atoms with E-state index in [9.17, 15) is 0 Å². The molecule has 0 saturated heterocycles. The molecule has 0 bridgehead atoms. The molecule has 0 aliphatic rings. The lowest BCUT2D eigenvalue weighted by Gasteiger charge is -2.16. The largest absolute Gasteiger partial charge is 0.478 e. The molecule has 1 aromatic heterocycles. The molecule has 1 atom stereocenters. The van der Waals surface area contributed by atoms with Crippen molar-refractivity contribution in [1.29, 1.82) is 0 Å². The van der Waals surface area contributed by atoms with Gasteiger partial charge in [0.25, 0.3) is 0 Å². The van der Waals surface area contributed by atoms with Crippen LogP contribution in [0.1, 0.15) is 25.8 Å². The molecule has 104 valence electrons. The minimum absolute atomic E-state index is 0.0770. The number of rotatable bonds is 6. The van der Waals surface area contributed by atoms with E-state index in [4.69, 9.17) is 10.5 Å². The Bertz CT molecular complexity index is 536. The van der Waals surface area contributed by atoms with Crippen LogP contribution in [0.25, 0.3) is 10.9 Å². The Kier molecular flexibility index (Phi) is 4.77. The maximum absolute atomic E-state index is 5.93. The van der Waals surface area contributed by atoms with Crippen molar-refractivity contribution in [3.63, 3.8) is 0 Å². The summed E-state index contributed by atoms with van der Waals surface area (Å²) in [7, 11) is 0. The van der Waals surface area contributed by atoms with E-state index in [1.165, 1.54) is 10.9 Å². The van der Waals surface area contributed by atoms with Gasteiger partial charge in [-0.1, -0.05) is 26.0 Å². The Morgan fingerprint density at radius 1 is 1.37 bits per heavy atom. The van der Waals surface area contributed by atoms with E-state index in [1.54, 1.807) is 0 Å². The molecule has 19 heavy (non-hydrogen) atoms. The van der Waals surface area contributed by atoms with Gasteiger partial charge < -0.3 is 15.5 Å². The SMILES string of the molecule is CC(C)CC(S)Oc1cccc2c(CCN)c[nH]c12. The fourth-order valence-corrected chi connectivity index (χ4v) is 2.78. The Balaban J connectivity index is 2.24. The molecule has 0 saturated carbocycles. The van der Waals surface area contributed by atoms with Crippen LogP contribution in [0.3, 0.4) is 0 Å². The quantitative estimate of drug-likeness (QED) is 0.560. The highest BCUT2D eigenvalue weighted by Crippen LogP contribution is 2.29. The second-order valence-electron chi connectivity index (χ2n) is 5.23. The van der Waals surface area contributed by atoms with E-state index in [-0.39, 0.29) is 5.44 Å². The highest BCUT2D eigenvalue weighted by molar-refractivity contribution is 7.80. The van der Waals surface area contributed by atoms with Crippen molar-refractivity contribution >= 4 is 23.5 Å². The van der Waals surface area contributed by atoms with Crippen molar-refractivity contribution in [2.24, 2.45) is 11.7 Å². The predicted molar refractivity (Wildman–Crippen MR) is 83.9 cm³/mol. The third kappa shape index (κ3) is 3.45. The number of aromatic amines is 1. The number of nitrogens with one attached hydrogen (secondary N) is 1. The topological polar surface area (TPSA) is 51.0 Å². The van der Waals surface area contributed by atoms with Gasteiger partial charge in [0.15, 0.2) is 0 Å². The summed E-state index contributed by atoms with van der Waals surface area (Å²) in [4.78, 5) is 3.29. The van der Waals surface area contributed by atoms with E-state index in [0.29, 0.717) is 12.5 Å². The van der Waals surface area contributed by atoms with Crippen molar-refractivity contribution in [2.45, 2.75) is 32.1 Å². The summed E-state index contributed by atoms with van der Waals surface area (Å²) in [5, 5.41) is 1.19. The first-order valence-corrected chi connectivity index (χ1v) is 7.27. The van der Waals surface area contributed by atoms with Gasteiger partial charge in [-0.05, 0) is 36.9 Å². The van der Waals surface area contributed by atoms with Crippen molar-refractivity contribution in [1.82, 2.24) is 4.98 Å². The van der Waals surface area contributed by atoms with Crippen LogP contribution in [0.15, 0.2) is 24.4 Å². The molecule has 0 aliphatic heterocycles.